The first-order valence-corrected chi connectivity index (χ1v) is 7.07. The molecule has 1 N–H and O–H groups in total. The molecule has 1 amide bonds. The van der Waals surface area contributed by atoms with Gasteiger partial charge in [-0.05, 0) is 33.6 Å². The maximum atomic E-state index is 12.1. The summed E-state index contributed by atoms with van der Waals surface area (Å²) in [5, 5.41) is 7.44. The van der Waals surface area contributed by atoms with E-state index in [1.165, 1.54) is 0 Å². The Bertz CT molecular complexity index is 464. The van der Waals surface area contributed by atoms with Crippen molar-refractivity contribution in [3.8, 4) is 0 Å². The lowest BCUT2D eigenvalue weighted by atomic mass is 10.2. The zero-order chi connectivity index (χ0) is 14.8. The van der Waals surface area contributed by atoms with Gasteiger partial charge in [0.25, 0.3) is 0 Å². The molecular formula is C14H24N4O2. The molecule has 1 aliphatic heterocycles. The summed E-state index contributed by atoms with van der Waals surface area (Å²) in [5.41, 5.74) is 0.532. The number of aryl methyl sites for hydroxylation is 1. The van der Waals surface area contributed by atoms with Crippen molar-refractivity contribution >= 4 is 11.8 Å². The van der Waals surface area contributed by atoms with E-state index in [1.54, 1.807) is 10.9 Å². The molecule has 1 fully saturated rings. The molecule has 1 aromatic rings. The lowest BCUT2D eigenvalue weighted by molar-refractivity contribution is 0.0235. The Balaban J connectivity index is 1.88. The van der Waals surface area contributed by atoms with Gasteiger partial charge in [-0.2, -0.15) is 5.10 Å². The molecule has 1 saturated heterocycles. The maximum Gasteiger partial charge on any atom is 0.410 e. The summed E-state index contributed by atoms with van der Waals surface area (Å²) >= 11 is 0. The molecule has 0 radical (unpaired) electrons. The third-order valence-corrected chi connectivity index (χ3v) is 3.25. The Morgan fingerprint density at radius 1 is 1.55 bits per heavy atom. The molecule has 112 valence electrons. The summed E-state index contributed by atoms with van der Waals surface area (Å²) in [4.78, 5) is 14.0. The summed E-state index contributed by atoms with van der Waals surface area (Å²) in [5.74, 6) is 0. The summed E-state index contributed by atoms with van der Waals surface area (Å²) in [6.07, 6.45) is 5.53. The number of nitrogens with one attached hydrogen (secondary N) is 1. The van der Waals surface area contributed by atoms with Crippen LogP contribution in [0, 0.1) is 0 Å². The van der Waals surface area contributed by atoms with Gasteiger partial charge in [-0.1, -0.05) is 0 Å². The quantitative estimate of drug-likeness (QED) is 0.922. The van der Waals surface area contributed by atoms with Gasteiger partial charge in [-0.3, -0.25) is 4.68 Å². The van der Waals surface area contributed by atoms with Crippen LogP contribution in [0.4, 0.5) is 10.5 Å². The Kier molecular flexibility index (Phi) is 4.20. The predicted molar refractivity (Wildman–Crippen MR) is 77.7 cm³/mol. The van der Waals surface area contributed by atoms with E-state index in [0.29, 0.717) is 0 Å². The van der Waals surface area contributed by atoms with Crippen LogP contribution in [0.3, 0.4) is 0 Å². The number of amides is 1. The number of hydrogen-bond donors (Lipinski definition) is 1. The van der Waals surface area contributed by atoms with Crippen molar-refractivity contribution in [2.75, 3.05) is 18.4 Å². The van der Waals surface area contributed by atoms with Crippen molar-refractivity contribution < 1.29 is 9.53 Å². The zero-order valence-corrected chi connectivity index (χ0v) is 12.7. The van der Waals surface area contributed by atoms with E-state index in [4.69, 9.17) is 4.74 Å². The fraction of sp³-hybridized carbons (Fsp3) is 0.714. The minimum absolute atomic E-state index is 0.185. The van der Waals surface area contributed by atoms with Gasteiger partial charge in [0.15, 0.2) is 0 Å². The smallest absolute Gasteiger partial charge is 0.410 e. The van der Waals surface area contributed by atoms with Gasteiger partial charge in [0, 0.05) is 26.3 Å². The second kappa shape index (κ2) is 5.73. The molecule has 2 heterocycles. The Morgan fingerprint density at radius 2 is 2.30 bits per heavy atom. The minimum atomic E-state index is -0.443. The van der Waals surface area contributed by atoms with Crippen LogP contribution in [-0.2, 0) is 11.8 Å². The molecule has 1 unspecified atom stereocenters. The molecule has 1 aromatic heterocycles. The number of likely N-dealkylation sites (tertiary alicyclic amines) is 1. The first-order chi connectivity index (χ1) is 9.35. The molecule has 1 aliphatic rings. The van der Waals surface area contributed by atoms with Crippen LogP contribution >= 0.6 is 0 Å². The Hall–Kier alpha value is -1.72. The van der Waals surface area contributed by atoms with Crippen molar-refractivity contribution in [2.24, 2.45) is 7.05 Å². The number of ether oxygens (including phenoxy) is 1. The van der Waals surface area contributed by atoms with Crippen LogP contribution in [0.5, 0.6) is 0 Å². The van der Waals surface area contributed by atoms with Gasteiger partial charge in [0.2, 0.25) is 0 Å². The molecule has 6 nitrogen and oxygen atoms in total. The monoisotopic (exact) mass is 280 g/mol. The fourth-order valence-electron chi connectivity index (χ4n) is 2.36. The van der Waals surface area contributed by atoms with Crippen LogP contribution in [0.25, 0.3) is 0 Å². The van der Waals surface area contributed by atoms with E-state index < -0.39 is 5.60 Å². The maximum absolute atomic E-state index is 12.1. The third kappa shape index (κ3) is 3.88. The highest BCUT2D eigenvalue weighted by Gasteiger charge is 2.31. The van der Waals surface area contributed by atoms with Crippen LogP contribution in [0.2, 0.25) is 0 Å². The second-order valence-electron chi connectivity index (χ2n) is 6.25. The topological polar surface area (TPSA) is 59.4 Å². The fourth-order valence-corrected chi connectivity index (χ4v) is 2.36. The van der Waals surface area contributed by atoms with Gasteiger partial charge in [0.1, 0.15) is 5.60 Å². The number of aromatic nitrogens is 2. The van der Waals surface area contributed by atoms with Crippen LogP contribution in [0.15, 0.2) is 12.4 Å². The van der Waals surface area contributed by atoms with Crippen molar-refractivity contribution in [1.82, 2.24) is 14.7 Å². The van der Waals surface area contributed by atoms with E-state index in [-0.39, 0.29) is 12.1 Å². The largest absolute Gasteiger partial charge is 0.444 e. The molecule has 0 aliphatic carbocycles. The van der Waals surface area contributed by atoms with Crippen molar-refractivity contribution in [3.05, 3.63) is 12.4 Å². The first kappa shape index (κ1) is 14.7. The van der Waals surface area contributed by atoms with Gasteiger partial charge in [-0.15, -0.1) is 0 Å². The van der Waals surface area contributed by atoms with E-state index in [9.17, 15) is 4.79 Å². The highest BCUT2D eigenvalue weighted by atomic mass is 16.6. The van der Waals surface area contributed by atoms with Crippen LogP contribution in [-0.4, -0.2) is 45.5 Å². The number of rotatable bonds is 3. The van der Waals surface area contributed by atoms with Crippen molar-refractivity contribution in [2.45, 2.75) is 45.3 Å². The number of carbonyl (C=O) groups excluding carboxylic acids is 1. The summed E-state index contributed by atoms with van der Waals surface area (Å²) in [6, 6.07) is 0.185. The highest BCUT2D eigenvalue weighted by Crippen LogP contribution is 2.21. The molecule has 0 spiro atoms. The SMILES string of the molecule is Cn1cc(NCC2CCCN2C(=O)OC(C)(C)C)cn1. The molecule has 20 heavy (non-hydrogen) atoms. The lowest BCUT2D eigenvalue weighted by Crippen LogP contribution is -2.42. The molecular weight excluding hydrogens is 256 g/mol. The molecule has 0 aromatic carbocycles. The van der Waals surface area contributed by atoms with Crippen LogP contribution < -0.4 is 5.32 Å². The first-order valence-electron chi connectivity index (χ1n) is 7.07. The third-order valence-electron chi connectivity index (χ3n) is 3.25. The number of nitrogens with zero attached hydrogens (tertiary/aromatic N) is 3. The standard InChI is InChI=1S/C14H24N4O2/c1-14(2,3)20-13(19)18-7-5-6-12(18)9-15-11-8-16-17(4)10-11/h8,10,12,15H,5-7,9H2,1-4H3. The number of anilines is 1. The van der Waals surface area contributed by atoms with Gasteiger partial charge in [0.05, 0.1) is 17.9 Å². The van der Waals surface area contributed by atoms with Gasteiger partial charge in [-0.25, -0.2) is 4.79 Å². The van der Waals surface area contributed by atoms with E-state index in [1.807, 2.05) is 38.9 Å². The summed E-state index contributed by atoms with van der Waals surface area (Å²) in [7, 11) is 1.88. The zero-order valence-electron chi connectivity index (χ0n) is 12.7. The number of hydrogen-bond acceptors (Lipinski definition) is 4. The Morgan fingerprint density at radius 3 is 2.90 bits per heavy atom. The Labute approximate surface area is 120 Å². The van der Waals surface area contributed by atoms with Gasteiger partial charge < -0.3 is 15.0 Å². The van der Waals surface area contributed by atoms with E-state index in [0.717, 1.165) is 31.6 Å². The average Bonchev–Trinajstić information content (AvgIpc) is 2.92. The number of carbonyl (C=O) groups is 1. The molecule has 1 atom stereocenters. The normalized spacial score (nSPS) is 19.2. The predicted octanol–water partition coefficient (Wildman–Crippen LogP) is 2.23. The van der Waals surface area contributed by atoms with Crippen molar-refractivity contribution in [3.63, 3.8) is 0 Å². The molecule has 0 bridgehead atoms. The summed E-state index contributed by atoms with van der Waals surface area (Å²) in [6.45, 7) is 7.18. The molecule has 2 rings (SSSR count). The highest BCUT2D eigenvalue weighted by molar-refractivity contribution is 5.69. The van der Waals surface area contributed by atoms with Crippen molar-refractivity contribution in [1.29, 1.82) is 0 Å². The molecule has 6 heteroatoms. The average molecular weight is 280 g/mol. The van der Waals surface area contributed by atoms with E-state index in [2.05, 4.69) is 10.4 Å². The lowest BCUT2D eigenvalue weighted by Gasteiger charge is -2.28. The minimum Gasteiger partial charge on any atom is -0.444 e. The second-order valence-corrected chi connectivity index (χ2v) is 6.25. The molecule has 0 saturated carbocycles. The van der Waals surface area contributed by atoms with E-state index >= 15 is 0 Å². The van der Waals surface area contributed by atoms with Gasteiger partial charge >= 0.3 is 6.09 Å². The van der Waals surface area contributed by atoms with Crippen LogP contribution in [0.1, 0.15) is 33.6 Å². The summed E-state index contributed by atoms with van der Waals surface area (Å²) < 4.78 is 7.20.